The van der Waals surface area contributed by atoms with Gasteiger partial charge in [-0.15, -0.1) is 0 Å². The summed E-state index contributed by atoms with van der Waals surface area (Å²) >= 11 is 0. The van der Waals surface area contributed by atoms with Crippen LogP contribution in [0, 0.1) is 0 Å². The molecule has 0 spiro atoms. The van der Waals surface area contributed by atoms with Crippen molar-refractivity contribution < 1.29 is 24.5 Å². The molecule has 0 aromatic heterocycles. The Bertz CT molecular complexity index is 208. The van der Waals surface area contributed by atoms with Crippen LogP contribution >= 0.6 is 0 Å². The highest BCUT2D eigenvalue weighted by atomic mass is 16.7. The number of hydrogen-bond donors (Lipinski definition) is 3. The van der Waals surface area contributed by atoms with Crippen LogP contribution in [-0.4, -0.2) is 54.4 Å². The minimum Gasteiger partial charge on any atom is -0.394 e. The number of aliphatic hydroxyl groups is 2. The van der Waals surface area contributed by atoms with Crippen LogP contribution in [0.2, 0.25) is 0 Å². The third-order valence-corrected chi connectivity index (χ3v) is 2.14. The highest BCUT2D eigenvalue weighted by Crippen LogP contribution is 2.21. The van der Waals surface area contributed by atoms with Crippen molar-refractivity contribution in [2.75, 3.05) is 13.7 Å². The second-order valence-corrected chi connectivity index (χ2v) is 3.18. The molecule has 82 valence electrons. The molecule has 0 aromatic rings. The Labute approximate surface area is 81.8 Å². The summed E-state index contributed by atoms with van der Waals surface area (Å²) in [5, 5.41) is 21.1. The van der Waals surface area contributed by atoms with Gasteiger partial charge in [0.15, 0.2) is 6.29 Å². The van der Waals surface area contributed by atoms with Crippen molar-refractivity contribution in [3.8, 4) is 0 Å². The first-order valence-corrected chi connectivity index (χ1v) is 4.34. The van der Waals surface area contributed by atoms with Crippen LogP contribution in [0.3, 0.4) is 0 Å². The molecule has 0 saturated carbocycles. The van der Waals surface area contributed by atoms with E-state index in [-0.39, 0.29) is 12.5 Å². The van der Waals surface area contributed by atoms with Crippen LogP contribution < -0.4 is 5.32 Å². The molecule has 0 aliphatic carbocycles. The van der Waals surface area contributed by atoms with Gasteiger partial charge in [-0.1, -0.05) is 0 Å². The van der Waals surface area contributed by atoms with Crippen molar-refractivity contribution in [1.29, 1.82) is 0 Å². The first-order valence-electron chi connectivity index (χ1n) is 4.34. The average molecular weight is 205 g/mol. The second kappa shape index (κ2) is 4.70. The van der Waals surface area contributed by atoms with E-state index < -0.39 is 24.5 Å². The first kappa shape index (κ1) is 11.4. The van der Waals surface area contributed by atoms with Crippen molar-refractivity contribution >= 4 is 5.91 Å². The number of nitrogens with one attached hydrogen (secondary N) is 1. The molecule has 1 aliphatic rings. The molecule has 4 atom stereocenters. The standard InChI is InChI=1S/C8H15NO5/c1-4(11)9-6-5(3-10)14-8(13-2)7(6)12/h5-8,10,12H,3H2,1-2H3,(H,9,11)/t5-,6-,7+,8+/m1/s1. The van der Waals surface area contributed by atoms with E-state index in [0.29, 0.717) is 0 Å². The van der Waals surface area contributed by atoms with Crippen molar-refractivity contribution in [3.05, 3.63) is 0 Å². The number of carbonyl (C=O) groups is 1. The zero-order valence-electron chi connectivity index (χ0n) is 8.14. The third-order valence-electron chi connectivity index (χ3n) is 2.14. The van der Waals surface area contributed by atoms with Gasteiger partial charge in [0, 0.05) is 14.0 Å². The Morgan fingerprint density at radius 1 is 1.64 bits per heavy atom. The van der Waals surface area contributed by atoms with E-state index in [1.165, 1.54) is 14.0 Å². The van der Waals surface area contributed by atoms with Crippen LogP contribution in [0.5, 0.6) is 0 Å². The van der Waals surface area contributed by atoms with Crippen LogP contribution in [0.1, 0.15) is 6.92 Å². The zero-order chi connectivity index (χ0) is 10.7. The number of hydrogen-bond acceptors (Lipinski definition) is 5. The van der Waals surface area contributed by atoms with Gasteiger partial charge in [0.2, 0.25) is 5.91 Å². The van der Waals surface area contributed by atoms with E-state index in [1.54, 1.807) is 0 Å². The summed E-state index contributed by atoms with van der Waals surface area (Å²) in [7, 11) is 1.39. The highest BCUT2D eigenvalue weighted by molar-refractivity contribution is 5.73. The smallest absolute Gasteiger partial charge is 0.217 e. The monoisotopic (exact) mass is 205 g/mol. The van der Waals surface area contributed by atoms with Gasteiger partial charge in [0.25, 0.3) is 0 Å². The molecular formula is C8H15NO5. The maximum Gasteiger partial charge on any atom is 0.217 e. The molecule has 1 rings (SSSR count). The molecule has 1 saturated heterocycles. The van der Waals surface area contributed by atoms with Crippen LogP contribution in [0.15, 0.2) is 0 Å². The number of rotatable bonds is 3. The van der Waals surface area contributed by atoms with Crippen LogP contribution in [0.25, 0.3) is 0 Å². The Hall–Kier alpha value is -0.690. The van der Waals surface area contributed by atoms with Gasteiger partial charge in [-0.05, 0) is 0 Å². The number of ether oxygens (including phenoxy) is 2. The Morgan fingerprint density at radius 2 is 2.29 bits per heavy atom. The number of carbonyl (C=O) groups excluding carboxylic acids is 1. The molecule has 3 N–H and O–H groups in total. The Balaban J connectivity index is 2.64. The van der Waals surface area contributed by atoms with Crippen LogP contribution in [-0.2, 0) is 14.3 Å². The molecule has 1 aliphatic heterocycles. The molecule has 1 heterocycles. The predicted molar refractivity (Wildman–Crippen MR) is 46.4 cm³/mol. The number of methoxy groups -OCH3 is 1. The van der Waals surface area contributed by atoms with E-state index in [2.05, 4.69) is 5.32 Å². The molecule has 0 bridgehead atoms. The molecule has 0 radical (unpaired) electrons. The summed E-state index contributed by atoms with van der Waals surface area (Å²) in [4.78, 5) is 10.8. The second-order valence-electron chi connectivity index (χ2n) is 3.18. The number of aliphatic hydroxyl groups excluding tert-OH is 2. The van der Waals surface area contributed by atoms with Crippen molar-refractivity contribution in [2.24, 2.45) is 0 Å². The zero-order valence-corrected chi connectivity index (χ0v) is 8.14. The van der Waals surface area contributed by atoms with Gasteiger partial charge in [0.05, 0.1) is 12.6 Å². The Kier molecular flexibility index (Phi) is 3.82. The molecule has 6 nitrogen and oxygen atoms in total. The van der Waals surface area contributed by atoms with E-state index >= 15 is 0 Å². The van der Waals surface area contributed by atoms with E-state index in [0.717, 1.165) is 0 Å². The minimum absolute atomic E-state index is 0.276. The van der Waals surface area contributed by atoms with Gasteiger partial charge in [-0.25, -0.2) is 0 Å². The highest BCUT2D eigenvalue weighted by Gasteiger charge is 2.43. The van der Waals surface area contributed by atoms with Crippen LogP contribution in [0.4, 0.5) is 0 Å². The molecule has 0 unspecified atom stereocenters. The van der Waals surface area contributed by atoms with E-state index in [1.807, 2.05) is 0 Å². The summed E-state index contributed by atoms with van der Waals surface area (Å²) in [6, 6.07) is -0.623. The van der Waals surface area contributed by atoms with E-state index in [9.17, 15) is 9.90 Å². The first-order chi connectivity index (χ1) is 6.60. The summed E-state index contributed by atoms with van der Waals surface area (Å²) < 4.78 is 9.98. The third kappa shape index (κ3) is 2.21. The predicted octanol–water partition coefficient (Wildman–Crippen LogP) is -1.78. The van der Waals surface area contributed by atoms with Crippen molar-refractivity contribution in [3.63, 3.8) is 0 Å². The topological polar surface area (TPSA) is 88.0 Å². The summed E-state index contributed by atoms with van der Waals surface area (Å²) in [6.45, 7) is 1.06. The van der Waals surface area contributed by atoms with Crippen molar-refractivity contribution in [1.82, 2.24) is 5.32 Å². The normalized spacial score (nSPS) is 37.1. The fourth-order valence-corrected chi connectivity index (χ4v) is 1.49. The van der Waals surface area contributed by atoms with Gasteiger partial charge in [-0.3, -0.25) is 4.79 Å². The summed E-state index contributed by atoms with van der Waals surface area (Å²) in [6.07, 6.45) is -2.39. The minimum atomic E-state index is -0.957. The quantitative estimate of drug-likeness (QED) is 0.506. The molecule has 1 amide bonds. The molecule has 0 aromatic carbocycles. The number of amides is 1. The molecule has 1 fully saturated rings. The lowest BCUT2D eigenvalue weighted by Gasteiger charge is -2.18. The Morgan fingerprint density at radius 3 is 2.71 bits per heavy atom. The fraction of sp³-hybridized carbons (Fsp3) is 0.875. The molecule has 14 heavy (non-hydrogen) atoms. The van der Waals surface area contributed by atoms with E-state index in [4.69, 9.17) is 14.6 Å². The maximum absolute atomic E-state index is 10.8. The van der Waals surface area contributed by atoms with Crippen molar-refractivity contribution in [2.45, 2.75) is 31.5 Å². The lowest BCUT2D eigenvalue weighted by molar-refractivity contribution is -0.153. The lowest BCUT2D eigenvalue weighted by Crippen LogP contribution is -2.48. The van der Waals surface area contributed by atoms with Gasteiger partial charge >= 0.3 is 0 Å². The van der Waals surface area contributed by atoms with Gasteiger partial charge < -0.3 is 25.0 Å². The SMILES string of the molecule is CO[C@H]1O[C@H](CO)[C@@H](NC(C)=O)[C@@H]1O. The largest absolute Gasteiger partial charge is 0.394 e. The molecule has 6 heteroatoms. The molecular weight excluding hydrogens is 190 g/mol. The lowest BCUT2D eigenvalue weighted by atomic mass is 10.1. The van der Waals surface area contributed by atoms with Gasteiger partial charge in [0.1, 0.15) is 12.2 Å². The summed E-state index contributed by atoms with van der Waals surface area (Å²) in [5.41, 5.74) is 0. The summed E-state index contributed by atoms with van der Waals surface area (Å²) in [5.74, 6) is -0.284. The fourth-order valence-electron chi connectivity index (χ4n) is 1.49. The van der Waals surface area contributed by atoms with Gasteiger partial charge in [-0.2, -0.15) is 0 Å². The maximum atomic E-state index is 10.8. The average Bonchev–Trinajstić information content (AvgIpc) is 2.43.